The lowest BCUT2D eigenvalue weighted by atomic mass is 9.85. The van der Waals surface area contributed by atoms with Crippen LogP contribution < -0.4 is 5.32 Å². The van der Waals surface area contributed by atoms with Gasteiger partial charge in [-0.25, -0.2) is 0 Å². The van der Waals surface area contributed by atoms with E-state index in [4.69, 9.17) is 0 Å². The number of hydrogen-bond donors (Lipinski definition) is 1. The van der Waals surface area contributed by atoms with Gasteiger partial charge in [0.2, 0.25) is 0 Å². The lowest BCUT2D eigenvalue weighted by molar-refractivity contribution is 0.0920. The van der Waals surface area contributed by atoms with E-state index >= 15 is 0 Å². The molecule has 1 N–H and O–H groups in total. The molecule has 0 saturated carbocycles. The molecule has 0 bridgehead atoms. The molecule has 0 fully saturated rings. The summed E-state index contributed by atoms with van der Waals surface area (Å²) in [6, 6.07) is 7.53. The molecular formula is C18H23N3O. The topological polar surface area (TPSA) is 54.9 Å². The van der Waals surface area contributed by atoms with Crippen molar-refractivity contribution in [2.24, 2.45) is 5.41 Å². The van der Waals surface area contributed by atoms with Crippen molar-refractivity contribution in [2.45, 2.75) is 40.2 Å². The summed E-state index contributed by atoms with van der Waals surface area (Å²) in [6.45, 7) is 8.38. The number of aryl methyl sites for hydroxylation is 1. The standard InChI is InChI=1S/C18H23N3O/c1-13-7-5-10-20-16(13)17(22)21-15(11-18(2,3)4)14-8-6-9-19-12-14/h5-10,12,15H,11H2,1-4H3,(H,21,22). The van der Waals surface area contributed by atoms with E-state index < -0.39 is 0 Å². The van der Waals surface area contributed by atoms with E-state index in [1.165, 1.54) is 0 Å². The Morgan fingerprint density at radius 3 is 2.55 bits per heavy atom. The van der Waals surface area contributed by atoms with Crippen LogP contribution in [0.5, 0.6) is 0 Å². The van der Waals surface area contributed by atoms with Gasteiger partial charge in [-0.3, -0.25) is 14.8 Å². The lowest BCUT2D eigenvalue weighted by Crippen LogP contribution is -2.32. The molecular weight excluding hydrogens is 274 g/mol. The van der Waals surface area contributed by atoms with Crippen LogP contribution in [-0.4, -0.2) is 15.9 Å². The van der Waals surface area contributed by atoms with E-state index in [-0.39, 0.29) is 17.4 Å². The monoisotopic (exact) mass is 297 g/mol. The summed E-state index contributed by atoms with van der Waals surface area (Å²) in [5.41, 5.74) is 2.46. The SMILES string of the molecule is Cc1cccnc1C(=O)NC(CC(C)(C)C)c1cccnc1. The average Bonchev–Trinajstić information content (AvgIpc) is 2.46. The second kappa shape index (κ2) is 6.69. The summed E-state index contributed by atoms with van der Waals surface area (Å²) < 4.78 is 0. The van der Waals surface area contributed by atoms with Gasteiger partial charge in [0.15, 0.2) is 0 Å². The predicted molar refractivity (Wildman–Crippen MR) is 87.5 cm³/mol. The minimum absolute atomic E-state index is 0.0809. The van der Waals surface area contributed by atoms with Gasteiger partial charge in [-0.1, -0.05) is 32.9 Å². The Labute approximate surface area is 132 Å². The van der Waals surface area contributed by atoms with Crippen LogP contribution >= 0.6 is 0 Å². The quantitative estimate of drug-likeness (QED) is 0.936. The van der Waals surface area contributed by atoms with E-state index in [2.05, 4.69) is 36.1 Å². The van der Waals surface area contributed by atoms with E-state index in [1.54, 1.807) is 12.4 Å². The Balaban J connectivity index is 2.23. The maximum Gasteiger partial charge on any atom is 0.270 e. The van der Waals surface area contributed by atoms with Crippen molar-refractivity contribution in [1.29, 1.82) is 0 Å². The minimum Gasteiger partial charge on any atom is -0.344 e. The van der Waals surface area contributed by atoms with Crippen LogP contribution in [0.1, 0.15) is 54.8 Å². The molecule has 4 heteroatoms. The van der Waals surface area contributed by atoms with Gasteiger partial charge < -0.3 is 5.32 Å². The van der Waals surface area contributed by atoms with E-state index in [0.29, 0.717) is 5.69 Å². The number of carbonyl (C=O) groups excluding carboxylic acids is 1. The molecule has 1 amide bonds. The Hall–Kier alpha value is -2.23. The Morgan fingerprint density at radius 2 is 1.95 bits per heavy atom. The number of aromatic nitrogens is 2. The van der Waals surface area contributed by atoms with Gasteiger partial charge in [-0.15, -0.1) is 0 Å². The predicted octanol–water partition coefficient (Wildman–Crippen LogP) is 3.69. The number of rotatable bonds is 4. The molecule has 0 radical (unpaired) electrons. The van der Waals surface area contributed by atoms with E-state index in [0.717, 1.165) is 17.5 Å². The fourth-order valence-electron chi connectivity index (χ4n) is 2.40. The Kier molecular flexibility index (Phi) is 4.91. The summed E-state index contributed by atoms with van der Waals surface area (Å²) in [5.74, 6) is -0.142. The van der Waals surface area contributed by atoms with Gasteiger partial charge in [0.05, 0.1) is 6.04 Å². The van der Waals surface area contributed by atoms with Gasteiger partial charge in [-0.2, -0.15) is 0 Å². The summed E-state index contributed by atoms with van der Waals surface area (Å²) in [5, 5.41) is 3.11. The van der Waals surface area contributed by atoms with Crippen molar-refractivity contribution in [1.82, 2.24) is 15.3 Å². The molecule has 0 saturated heterocycles. The summed E-state index contributed by atoms with van der Waals surface area (Å²) >= 11 is 0. The molecule has 0 aromatic carbocycles. The maximum absolute atomic E-state index is 12.5. The molecule has 0 aliphatic heterocycles. The Morgan fingerprint density at radius 1 is 1.23 bits per heavy atom. The van der Waals surface area contributed by atoms with Gasteiger partial charge in [0.25, 0.3) is 5.91 Å². The molecule has 2 aromatic heterocycles. The highest BCUT2D eigenvalue weighted by atomic mass is 16.1. The van der Waals surface area contributed by atoms with Crippen LogP contribution in [0, 0.1) is 12.3 Å². The largest absolute Gasteiger partial charge is 0.344 e. The van der Waals surface area contributed by atoms with Gasteiger partial charge in [0, 0.05) is 18.6 Å². The highest BCUT2D eigenvalue weighted by Gasteiger charge is 2.23. The third kappa shape index (κ3) is 4.38. The number of amides is 1. The van der Waals surface area contributed by atoms with Gasteiger partial charge in [-0.05, 0) is 42.0 Å². The number of hydrogen-bond acceptors (Lipinski definition) is 3. The first-order valence-corrected chi connectivity index (χ1v) is 7.49. The van der Waals surface area contributed by atoms with Crippen LogP contribution in [-0.2, 0) is 0 Å². The summed E-state index contributed by atoms with van der Waals surface area (Å²) in [6.07, 6.45) is 6.02. The third-order valence-electron chi connectivity index (χ3n) is 3.43. The van der Waals surface area contributed by atoms with Crippen molar-refractivity contribution in [3.8, 4) is 0 Å². The zero-order valence-electron chi connectivity index (χ0n) is 13.6. The van der Waals surface area contributed by atoms with Crippen molar-refractivity contribution in [2.75, 3.05) is 0 Å². The zero-order valence-corrected chi connectivity index (χ0v) is 13.6. The molecule has 2 rings (SSSR count). The van der Waals surface area contributed by atoms with Crippen molar-refractivity contribution >= 4 is 5.91 Å². The first kappa shape index (κ1) is 16.1. The maximum atomic E-state index is 12.5. The highest BCUT2D eigenvalue weighted by molar-refractivity contribution is 5.93. The minimum atomic E-state index is -0.142. The molecule has 116 valence electrons. The third-order valence-corrected chi connectivity index (χ3v) is 3.43. The lowest BCUT2D eigenvalue weighted by Gasteiger charge is -2.27. The molecule has 0 aliphatic rings. The highest BCUT2D eigenvalue weighted by Crippen LogP contribution is 2.29. The number of nitrogens with one attached hydrogen (secondary N) is 1. The molecule has 22 heavy (non-hydrogen) atoms. The molecule has 4 nitrogen and oxygen atoms in total. The van der Waals surface area contributed by atoms with Crippen LogP contribution in [0.4, 0.5) is 0 Å². The fourth-order valence-corrected chi connectivity index (χ4v) is 2.40. The Bertz CT molecular complexity index is 632. The summed E-state index contributed by atoms with van der Waals surface area (Å²) in [7, 11) is 0. The van der Waals surface area contributed by atoms with Crippen molar-refractivity contribution < 1.29 is 4.79 Å². The molecule has 2 aromatic rings. The number of pyridine rings is 2. The van der Waals surface area contributed by atoms with E-state index in [9.17, 15) is 4.79 Å². The van der Waals surface area contributed by atoms with Crippen LogP contribution in [0.2, 0.25) is 0 Å². The number of nitrogens with zero attached hydrogens (tertiary/aromatic N) is 2. The molecule has 1 atom stereocenters. The fraction of sp³-hybridized carbons (Fsp3) is 0.389. The van der Waals surface area contributed by atoms with Gasteiger partial charge >= 0.3 is 0 Å². The normalized spacial score (nSPS) is 12.7. The van der Waals surface area contributed by atoms with E-state index in [1.807, 2.05) is 37.4 Å². The van der Waals surface area contributed by atoms with Crippen LogP contribution in [0.3, 0.4) is 0 Å². The number of carbonyl (C=O) groups is 1. The van der Waals surface area contributed by atoms with Crippen molar-refractivity contribution in [3.05, 3.63) is 59.7 Å². The molecule has 1 unspecified atom stereocenters. The summed E-state index contributed by atoms with van der Waals surface area (Å²) in [4.78, 5) is 20.9. The zero-order chi connectivity index (χ0) is 16.2. The second-order valence-electron chi connectivity index (χ2n) is 6.75. The molecule has 0 spiro atoms. The smallest absolute Gasteiger partial charge is 0.270 e. The van der Waals surface area contributed by atoms with Gasteiger partial charge in [0.1, 0.15) is 5.69 Å². The first-order chi connectivity index (χ1) is 10.4. The second-order valence-corrected chi connectivity index (χ2v) is 6.75. The van der Waals surface area contributed by atoms with Crippen molar-refractivity contribution in [3.63, 3.8) is 0 Å². The van der Waals surface area contributed by atoms with Crippen LogP contribution in [0.25, 0.3) is 0 Å². The first-order valence-electron chi connectivity index (χ1n) is 7.49. The molecule has 2 heterocycles. The average molecular weight is 297 g/mol. The molecule has 0 aliphatic carbocycles. The van der Waals surface area contributed by atoms with Crippen LogP contribution in [0.15, 0.2) is 42.9 Å².